The Balaban J connectivity index is 0.00000288. The zero-order valence-corrected chi connectivity index (χ0v) is 17.2. The molecule has 1 aliphatic heterocycles. The molecule has 0 amide bonds. The van der Waals surface area contributed by atoms with E-state index in [4.69, 9.17) is 4.74 Å². The highest BCUT2D eigenvalue weighted by Crippen LogP contribution is 2.05. The lowest BCUT2D eigenvalue weighted by Gasteiger charge is -2.26. The number of aliphatic imine (C=N–C) groups is 1. The van der Waals surface area contributed by atoms with Crippen molar-refractivity contribution in [2.24, 2.45) is 4.99 Å². The van der Waals surface area contributed by atoms with Crippen LogP contribution < -0.4 is 10.6 Å². The van der Waals surface area contributed by atoms with E-state index in [1.54, 1.807) is 0 Å². The van der Waals surface area contributed by atoms with Crippen molar-refractivity contribution in [3.63, 3.8) is 0 Å². The van der Waals surface area contributed by atoms with Gasteiger partial charge in [0.05, 0.1) is 13.2 Å². The summed E-state index contributed by atoms with van der Waals surface area (Å²) >= 11 is 0. The van der Waals surface area contributed by atoms with Crippen LogP contribution in [0.4, 0.5) is 0 Å². The molecular formula is C18H31IN4O. The summed E-state index contributed by atoms with van der Waals surface area (Å²) in [5.74, 6) is 0.878. The molecule has 0 saturated carbocycles. The number of morpholine rings is 1. The van der Waals surface area contributed by atoms with Gasteiger partial charge in [0, 0.05) is 39.8 Å². The molecule has 1 aliphatic rings. The Morgan fingerprint density at radius 2 is 1.71 bits per heavy atom. The summed E-state index contributed by atoms with van der Waals surface area (Å²) in [6.45, 7) is 8.77. The molecule has 1 aromatic rings. The molecule has 5 nitrogen and oxygen atoms in total. The summed E-state index contributed by atoms with van der Waals surface area (Å²) in [5, 5.41) is 6.76. The van der Waals surface area contributed by atoms with E-state index >= 15 is 0 Å². The Morgan fingerprint density at radius 3 is 2.33 bits per heavy atom. The number of aryl methyl sites for hydroxylation is 1. The van der Waals surface area contributed by atoms with Crippen molar-refractivity contribution in [3.8, 4) is 0 Å². The normalized spacial score (nSPS) is 15.7. The molecule has 0 aromatic heterocycles. The highest BCUT2D eigenvalue weighted by Gasteiger charge is 2.09. The number of rotatable bonds is 7. The third-order valence-corrected chi connectivity index (χ3v) is 4.19. The van der Waals surface area contributed by atoms with E-state index in [9.17, 15) is 0 Å². The summed E-state index contributed by atoms with van der Waals surface area (Å²) < 4.78 is 5.36. The maximum atomic E-state index is 5.36. The van der Waals surface area contributed by atoms with Crippen LogP contribution in [0.1, 0.15) is 18.1 Å². The minimum Gasteiger partial charge on any atom is -0.379 e. The Bertz CT molecular complexity index is 472. The monoisotopic (exact) mass is 446 g/mol. The Morgan fingerprint density at radius 1 is 1.08 bits per heavy atom. The molecule has 0 unspecified atom stereocenters. The molecule has 1 aromatic carbocycles. The van der Waals surface area contributed by atoms with Gasteiger partial charge in [-0.05, 0) is 24.0 Å². The number of hydrogen-bond donors (Lipinski definition) is 2. The van der Waals surface area contributed by atoms with E-state index in [1.807, 2.05) is 7.05 Å². The van der Waals surface area contributed by atoms with Gasteiger partial charge in [-0.15, -0.1) is 24.0 Å². The molecule has 136 valence electrons. The lowest BCUT2D eigenvalue weighted by Crippen LogP contribution is -2.44. The van der Waals surface area contributed by atoms with Crippen LogP contribution in [-0.2, 0) is 17.6 Å². The molecule has 2 rings (SSSR count). The number of guanidine groups is 1. The van der Waals surface area contributed by atoms with Crippen LogP contribution in [0.25, 0.3) is 0 Å². The van der Waals surface area contributed by atoms with Gasteiger partial charge >= 0.3 is 0 Å². The van der Waals surface area contributed by atoms with Crippen molar-refractivity contribution in [1.29, 1.82) is 0 Å². The maximum Gasteiger partial charge on any atom is 0.191 e. The lowest BCUT2D eigenvalue weighted by atomic mass is 10.1. The standard InChI is InChI=1S/C18H30N4O.HI/c1-3-16-4-6-17(7-5-16)8-9-20-18(19-2)21-10-11-22-12-14-23-15-13-22;/h4-7H,3,8-15H2,1-2H3,(H2,19,20,21);1H. The minimum atomic E-state index is 0. The summed E-state index contributed by atoms with van der Waals surface area (Å²) in [7, 11) is 1.82. The molecule has 6 heteroatoms. The van der Waals surface area contributed by atoms with E-state index in [2.05, 4.69) is 51.7 Å². The van der Waals surface area contributed by atoms with Gasteiger partial charge in [-0.1, -0.05) is 31.2 Å². The lowest BCUT2D eigenvalue weighted by molar-refractivity contribution is 0.0389. The molecule has 1 saturated heterocycles. The first-order valence-electron chi connectivity index (χ1n) is 8.64. The van der Waals surface area contributed by atoms with Gasteiger partial charge in [0.1, 0.15) is 0 Å². The maximum absolute atomic E-state index is 5.36. The second kappa shape index (κ2) is 12.5. The quantitative estimate of drug-likeness (QED) is 0.382. The zero-order valence-electron chi connectivity index (χ0n) is 14.9. The van der Waals surface area contributed by atoms with Gasteiger partial charge in [0.15, 0.2) is 5.96 Å². The first kappa shape index (κ1) is 21.2. The van der Waals surface area contributed by atoms with Crippen LogP contribution in [0.3, 0.4) is 0 Å². The summed E-state index contributed by atoms with van der Waals surface area (Å²) in [4.78, 5) is 6.70. The van der Waals surface area contributed by atoms with Crippen LogP contribution in [0.5, 0.6) is 0 Å². The smallest absolute Gasteiger partial charge is 0.191 e. The van der Waals surface area contributed by atoms with Gasteiger partial charge in [0.25, 0.3) is 0 Å². The van der Waals surface area contributed by atoms with E-state index < -0.39 is 0 Å². The number of ether oxygens (including phenoxy) is 1. The molecule has 0 radical (unpaired) electrons. The van der Waals surface area contributed by atoms with Gasteiger partial charge in [-0.2, -0.15) is 0 Å². The molecule has 0 atom stereocenters. The van der Waals surface area contributed by atoms with Gasteiger partial charge in [0.2, 0.25) is 0 Å². The van der Waals surface area contributed by atoms with Crippen molar-refractivity contribution < 1.29 is 4.74 Å². The molecule has 1 heterocycles. The molecule has 2 N–H and O–H groups in total. The third-order valence-electron chi connectivity index (χ3n) is 4.19. The van der Waals surface area contributed by atoms with E-state index in [-0.39, 0.29) is 24.0 Å². The first-order chi connectivity index (χ1) is 11.3. The van der Waals surface area contributed by atoms with E-state index in [1.165, 1.54) is 11.1 Å². The topological polar surface area (TPSA) is 48.9 Å². The predicted octanol–water partition coefficient (Wildman–Crippen LogP) is 1.91. The van der Waals surface area contributed by atoms with E-state index in [0.717, 1.165) is 64.7 Å². The molecule has 0 spiro atoms. The van der Waals surface area contributed by atoms with Gasteiger partial charge < -0.3 is 15.4 Å². The Labute approximate surface area is 163 Å². The molecule has 0 aliphatic carbocycles. The second-order valence-electron chi connectivity index (χ2n) is 5.80. The van der Waals surface area contributed by atoms with Crippen molar-refractivity contribution >= 4 is 29.9 Å². The SMILES string of the molecule is CCc1ccc(CCNC(=NC)NCCN2CCOCC2)cc1.I. The fourth-order valence-corrected chi connectivity index (χ4v) is 2.64. The van der Waals surface area contributed by atoms with Crippen molar-refractivity contribution in [3.05, 3.63) is 35.4 Å². The van der Waals surface area contributed by atoms with Gasteiger partial charge in [-0.3, -0.25) is 9.89 Å². The van der Waals surface area contributed by atoms with Crippen LogP contribution in [0.2, 0.25) is 0 Å². The van der Waals surface area contributed by atoms with Crippen LogP contribution >= 0.6 is 24.0 Å². The first-order valence-corrected chi connectivity index (χ1v) is 8.64. The van der Waals surface area contributed by atoms with Crippen LogP contribution in [0.15, 0.2) is 29.3 Å². The fraction of sp³-hybridized carbons (Fsp3) is 0.611. The number of nitrogens with zero attached hydrogens (tertiary/aromatic N) is 2. The summed E-state index contributed by atoms with van der Waals surface area (Å²) in [6, 6.07) is 8.86. The zero-order chi connectivity index (χ0) is 16.3. The average Bonchev–Trinajstić information content (AvgIpc) is 2.62. The Hall–Kier alpha value is -0.860. The predicted molar refractivity (Wildman–Crippen MR) is 112 cm³/mol. The van der Waals surface area contributed by atoms with E-state index in [0.29, 0.717) is 0 Å². The van der Waals surface area contributed by atoms with Crippen molar-refractivity contribution in [2.45, 2.75) is 19.8 Å². The number of nitrogens with one attached hydrogen (secondary N) is 2. The van der Waals surface area contributed by atoms with Crippen LogP contribution in [-0.4, -0.2) is 63.8 Å². The van der Waals surface area contributed by atoms with Crippen LogP contribution in [0, 0.1) is 0 Å². The molecular weight excluding hydrogens is 415 g/mol. The highest BCUT2D eigenvalue weighted by atomic mass is 127. The molecule has 24 heavy (non-hydrogen) atoms. The summed E-state index contributed by atoms with van der Waals surface area (Å²) in [6.07, 6.45) is 2.10. The Kier molecular flexibility index (Phi) is 11.0. The highest BCUT2D eigenvalue weighted by molar-refractivity contribution is 14.0. The summed E-state index contributed by atoms with van der Waals surface area (Å²) in [5.41, 5.74) is 2.75. The van der Waals surface area contributed by atoms with Crippen molar-refractivity contribution in [2.75, 3.05) is 53.0 Å². The average molecular weight is 446 g/mol. The molecule has 1 fully saturated rings. The fourth-order valence-electron chi connectivity index (χ4n) is 2.64. The number of benzene rings is 1. The number of hydrogen-bond acceptors (Lipinski definition) is 3. The van der Waals surface area contributed by atoms with Gasteiger partial charge in [-0.25, -0.2) is 0 Å². The third kappa shape index (κ3) is 7.81. The van der Waals surface area contributed by atoms with Crippen molar-refractivity contribution in [1.82, 2.24) is 15.5 Å². The number of halogens is 1. The minimum absolute atomic E-state index is 0. The molecule has 0 bridgehead atoms. The largest absolute Gasteiger partial charge is 0.379 e. The second-order valence-corrected chi connectivity index (χ2v) is 5.80.